The Kier molecular flexibility index (Phi) is 6.48. The second-order valence-electron chi connectivity index (χ2n) is 8.67. The number of aliphatic hydroxyl groups excluding tert-OH is 1. The first-order chi connectivity index (χ1) is 16.4. The summed E-state index contributed by atoms with van der Waals surface area (Å²) in [6.07, 6.45) is 3.18. The predicted octanol–water partition coefficient (Wildman–Crippen LogP) is 0.400. The third kappa shape index (κ3) is 3.32. The summed E-state index contributed by atoms with van der Waals surface area (Å²) in [5.41, 5.74) is -2.61. The molecule has 1 N–H and O–H groups in total. The monoisotopic (exact) mass is 468 g/mol. The summed E-state index contributed by atoms with van der Waals surface area (Å²) < 4.78 is 10.4. The molecule has 0 radical (unpaired) electrons. The Morgan fingerprint density at radius 3 is 1.79 bits per heavy atom. The number of ketones is 1. The van der Waals surface area contributed by atoms with Crippen molar-refractivity contribution in [1.29, 1.82) is 0 Å². The molecule has 4 atom stereocenters. The Morgan fingerprint density at radius 1 is 0.971 bits per heavy atom. The second-order valence-corrected chi connectivity index (χ2v) is 8.67. The molecular formula is C24H28N4O6. The highest BCUT2D eigenvalue weighted by molar-refractivity contribution is 6.17. The topological polar surface area (TPSA) is 122 Å². The van der Waals surface area contributed by atoms with Crippen molar-refractivity contribution in [2.75, 3.05) is 47.5 Å². The zero-order valence-electron chi connectivity index (χ0n) is 19.4. The van der Waals surface area contributed by atoms with Crippen LogP contribution < -0.4 is 0 Å². The van der Waals surface area contributed by atoms with Gasteiger partial charge in [-0.3, -0.25) is 34.2 Å². The average molecular weight is 469 g/mol. The number of aromatic nitrogens is 2. The molecule has 4 heterocycles. The largest absolute Gasteiger partial charge is 0.468 e. The van der Waals surface area contributed by atoms with Crippen LogP contribution in [0.15, 0.2) is 48.8 Å². The van der Waals surface area contributed by atoms with Gasteiger partial charge in [-0.2, -0.15) is 0 Å². The molecule has 2 aromatic heterocycles. The third-order valence-corrected chi connectivity index (χ3v) is 6.96. The quantitative estimate of drug-likeness (QED) is 0.471. The molecule has 2 aliphatic rings. The first kappa shape index (κ1) is 23.9. The molecule has 0 spiro atoms. The van der Waals surface area contributed by atoms with Crippen LogP contribution in [0.25, 0.3) is 0 Å². The predicted molar refractivity (Wildman–Crippen MR) is 119 cm³/mol. The van der Waals surface area contributed by atoms with Gasteiger partial charge >= 0.3 is 11.9 Å². The zero-order chi connectivity index (χ0) is 24.5. The number of ether oxygens (including phenoxy) is 2. The Labute approximate surface area is 197 Å². The first-order valence-corrected chi connectivity index (χ1v) is 11.0. The molecule has 0 aliphatic carbocycles. The van der Waals surface area contributed by atoms with Gasteiger partial charge in [-0.1, -0.05) is 12.1 Å². The summed E-state index contributed by atoms with van der Waals surface area (Å²) in [7, 11) is 4.19. The number of hydrogen-bond donors (Lipinski definition) is 1. The lowest BCUT2D eigenvalue weighted by Crippen LogP contribution is -2.75. The Balaban J connectivity index is 2.07. The fourth-order valence-corrected chi connectivity index (χ4v) is 5.77. The molecule has 34 heavy (non-hydrogen) atoms. The smallest absolute Gasteiger partial charge is 0.322 e. The van der Waals surface area contributed by atoms with E-state index >= 15 is 0 Å². The van der Waals surface area contributed by atoms with Gasteiger partial charge in [-0.15, -0.1) is 0 Å². The molecule has 0 amide bonds. The van der Waals surface area contributed by atoms with Gasteiger partial charge in [-0.25, -0.2) is 0 Å². The summed E-state index contributed by atoms with van der Waals surface area (Å²) in [5.74, 6) is -2.12. The average Bonchev–Trinajstić information content (AvgIpc) is 2.86. The fraction of sp³-hybridized carbons (Fsp3) is 0.458. The van der Waals surface area contributed by atoms with Gasteiger partial charge in [0.25, 0.3) is 0 Å². The van der Waals surface area contributed by atoms with Crippen LogP contribution in [-0.2, 0) is 23.9 Å². The number of nitrogens with zero attached hydrogens (tertiary/aromatic N) is 4. The van der Waals surface area contributed by atoms with Crippen LogP contribution in [0.2, 0.25) is 0 Å². The molecule has 4 rings (SSSR count). The highest BCUT2D eigenvalue weighted by atomic mass is 16.5. The van der Waals surface area contributed by atoms with Gasteiger partial charge in [0.2, 0.25) is 0 Å². The van der Waals surface area contributed by atoms with E-state index in [-0.39, 0.29) is 26.2 Å². The molecule has 2 aliphatic heterocycles. The molecule has 10 heteroatoms. The van der Waals surface area contributed by atoms with Gasteiger partial charge in [0.05, 0.1) is 44.3 Å². The van der Waals surface area contributed by atoms with Crippen LogP contribution in [0.1, 0.15) is 23.5 Å². The minimum atomic E-state index is -1.79. The number of methoxy groups -OCH3 is 2. The molecule has 2 saturated heterocycles. The van der Waals surface area contributed by atoms with E-state index in [2.05, 4.69) is 9.97 Å². The highest BCUT2D eigenvalue weighted by Crippen LogP contribution is 2.60. The zero-order valence-corrected chi connectivity index (χ0v) is 19.4. The number of piperidine rings is 2. The van der Waals surface area contributed by atoms with E-state index in [9.17, 15) is 19.5 Å². The minimum Gasteiger partial charge on any atom is -0.468 e. The number of rotatable bonds is 6. The number of carbonyl (C=O) groups is 3. The first-order valence-electron chi connectivity index (χ1n) is 11.0. The van der Waals surface area contributed by atoms with E-state index in [0.29, 0.717) is 11.4 Å². The van der Waals surface area contributed by atoms with Gasteiger partial charge < -0.3 is 14.6 Å². The molecule has 4 unspecified atom stereocenters. The maximum absolute atomic E-state index is 14.5. The van der Waals surface area contributed by atoms with Crippen LogP contribution >= 0.6 is 0 Å². The molecular weight excluding hydrogens is 440 g/mol. The lowest BCUT2D eigenvalue weighted by atomic mass is 9.54. The van der Waals surface area contributed by atoms with Gasteiger partial charge in [0.1, 0.15) is 0 Å². The number of fused-ring (bicyclic) bond motifs is 2. The molecule has 2 fully saturated rings. The van der Waals surface area contributed by atoms with E-state index in [0.717, 1.165) is 0 Å². The van der Waals surface area contributed by atoms with Crippen molar-refractivity contribution in [2.45, 2.75) is 12.1 Å². The molecule has 180 valence electrons. The summed E-state index contributed by atoms with van der Waals surface area (Å²) >= 11 is 0. The highest BCUT2D eigenvalue weighted by Gasteiger charge is 2.75. The van der Waals surface area contributed by atoms with Crippen molar-refractivity contribution in [1.82, 2.24) is 19.8 Å². The van der Waals surface area contributed by atoms with Crippen LogP contribution in [0.4, 0.5) is 0 Å². The number of aliphatic hydroxyl groups is 1. The Morgan fingerprint density at radius 2 is 1.44 bits per heavy atom. The van der Waals surface area contributed by atoms with Crippen LogP contribution in [0.5, 0.6) is 0 Å². The number of esters is 2. The van der Waals surface area contributed by atoms with Gasteiger partial charge in [0, 0.05) is 32.0 Å². The van der Waals surface area contributed by atoms with Crippen molar-refractivity contribution in [3.05, 3.63) is 60.2 Å². The third-order valence-electron chi connectivity index (χ3n) is 6.96. The molecule has 0 saturated carbocycles. The van der Waals surface area contributed by atoms with Crippen molar-refractivity contribution in [2.24, 2.45) is 10.8 Å². The van der Waals surface area contributed by atoms with Gasteiger partial charge in [0.15, 0.2) is 16.6 Å². The fourth-order valence-electron chi connectivity index (χ4n) is 5.77. The maximum Gasteiger partial charge on any atom is 0.322 e. The Hall–Kier alpha value is -3.21. The maximum atomic E-state index is 14.5. The van der Waals surface area contributed by atoms with Gasteiger partial charge in [-0.05, 0) is 31.3 Å². The number of carbonyl (C=O) groups excluding carboxylic acids is 3. The standard InChI is InChI=1S/C24H28N4O6/c1-27-18(16-8-4-6-10-25-16)23(21(31)33-2)14-28(12-13-29)15-24(20(23)30,22(32)34-3)19(27)17-9-5-7-11-26-17/h4-11,18-19,29H,12-15H2,1-3H3. The number of likely N-dealkylation sites (tertiary alicyclic amines) is 2. The summed E-state index contributed by atoms with van der Waals surface area (Å²) in [4.78, 5) is 54.1. The number of β-amino-alcohol motifs (C(OH)–C–C–N with tert-alkyl or cyclic N) is 1. The molecule has 10 nitrogen and oxygen atoms in total. The normalized spacial score (nSPS) is 29.5. The van der Waals surface area contributed by atoms with E-state index in [4.69, 9.17) is 9.47 Å². The summed E-state index contributed by atoms with van der Waals surface area (Å²) in [5, 5.41) is 9.73. The van der Waals surface area contributed by atoms with E-state index < -0.39 is 40.6 Å². The van der Waals surface area contributed by atoms with Crippen molar-refractivity contribution >= 4 is 17.7 Å². The van der Waals surface area contributed by atoms with Crippen molar-refractivity contribution in [3.8, 4) is 0 Å². The minimum absolute atomic E-state index is 0.0433. The van der Waals surface area contributed by atoms with Crippen LogP contribution in [0.3, 0.4) is 0 Å². The van der Waals surface area contributed by atoms with E-state index in [1.807, 2.05) is 4.90 Å². The Bertz CT molecular complexity index is 988. The van der Waals surface area contributed by atoms with Crippen LogP contribution in [-0.4, -0.2) is 90.1 Å². The molecule has 2 bridgehead atoms. The molecule has 0 aromatic carbocycles. The van der Waals surface area contributed by atoms with Crippen LogP contribution in [0, 0.1) is 10.8 Å². The summed E-state index contributed by atoms with van der Waals surface area (Å²) in [6, 6.07) is 8.80. The second kappa shape index (κ2) is 9.21. The van der Waals surface area contributed by atoms with E-state index in [1.165, 1.54) is 14.2 Å². The van der Waals surface area contributed by atoms with Crippen molar-refractivity contribution < 1.29 is 29.0 Å². The molecule has 2 aromatic rings. The lowest BCUT2D eigenvalue weighted by Gasteiger charge is -2.60. The van der Waals surface area contributed by atoms with Crippen molar-refractivity contribution in [3.63, 3.8) is 0 Å². The number of pyridine rings is 2. The number of hydrogen-bond acceptors (Lipinski definition) is 10. The summed E-state index contributed by atoms with van der Waals surface area (Å²) in [6.45, 7) is -0.157. The lowest BCUT2D eigenvalue weighted by molar-refractivity contribution is -0.204. The number of Topliss-reactive ketones (excluding diaryl/α,β-unsaturated/α-hetero) is 1. The SMILES string of the molecule is COC(=O)C12CN(CCO)CC(C(=O)OC)(C1=O)C(c1ccccn1)N(C)C2c1ccccn1. The van der Waals surface area contributed by atoms with E-state index in [1.54, 1.807) is 60.7 Å².